The molecule has 1 aromatic heterocycles. The number of hydrogen-bond acceptors (Lipinski definition) is 3. The van der Waals surface area contributed by atoms with Crippen molar-refractivity contribution in [1.29, 1.82) is 0 Å². The van der Waals surface area contributed by atoms with Crippen molar-refractivity contribution in [1.82, 2.24) is 10.3 Å². The molecule has 0 radical (unpaired) electrons. The largest absolute Gasteiger partial charge is 0.488 e. The molecule has 1 atom stereocenters. The van der Waals surface area contributed by atoms with E-state index < -0.39 is 11.9 Å². The highest BCUT2D eigenvalue weighted by Crippen LogP contribution is 2.35. The highest BCUT2D eigenvalue weighted by atomic mass is 19.4. The third-order valence-corrected chi connectivity index (χ3v) is 2.96. The number of ether oxygens (including phenoxy) is 1. The maximum atomic E-state index is 12.9. The van der Waals surface area contributed by atoms with Gasteiger partial charge in [0.1, 0.15) is 6.10 Å². The first-order valence-electron chi connectivity index (χ1n) is 7.24. The van der Waals surface area contributed by atoms with Crippen LogP contribution in [0.2, 0.25) is 0 Å². The van der Waals surface area contributed by atoms with Crippen LogP contribution in [-0.2, 0) is 6.18 Å². The molecule has 1 heterocycles. The molecule has 0 saturated heterocycles. The second-order valence-electron chi connectivity index (χ2n) is 5.36. The number of halogens is 3. The molecule has 120 valence electrons. The quantitative estimate of drug-likeness (QED) is 0.740. The lowest BCUT2D eigenvalue weighted by atomic mass is 10.0. The zero-order valence-electron chi connectivity index (χ0n) is 12.7. The maximum absolute atomic E-state index is 12.9. The minimum Gasteiger partial charge on any atom is -0.488 e. The summed E-state index contributed by atoms with van der Waals surface area (Å²) in [5.74, 6) is 0.162. The predicted molar refractivity (Wildman–Crippen MR) is 76.3 cm³/mol. The summed E-state index contributed by atoms with van der Waals surface area (Å²) in [4.78, 5) is 3.41. The molecule has 0 aliphatic carbocycles. The van der Waals surface area contributed by atoms with Gasteiger partial charge in [-0.25, -0.2) is 4.98 Å². The Morgan fingerprint density at radius 2 is 2.05 bits per heavy atom. The molecule has 0 bridgehead atoms. The Hall–Kier alpha value is -1.30. The summed E-state index contributed by atoms with van der Waals surface area (Å²) in [5.41, 5.74) is -0.956. The Balaban J connectivity index is 2.82. The second kappa shape index (κ2) is 8.22. The Bertz CT molecular complexity index is 422. The van der Waals surface area contributed by atoms with Crippen LogP contribution < -0.4 is 10.1 Å². The van der Waals surface area contributed by atoms with E-state index in [-0.39, 0.29) is 11.9 Å². The average Bonchev–Trinajstić information content (AvgIpc) is 2.37. The van der Waals surface area contributed by atoms with Gasteiger partial charge in [0.25, 0.3) is 0 Å². The van der Waals surface area contributed by atoms with Crippen LogP contribution in [-0.4, -0.2) is 24.2 Å². The molecule has 0 aromatic carbocycles. The van der Waals surface area contributed by atoms with Crippen LogP contribution in [0.3, 0.4) is 0 Å². The first kappa shape index (κ1) is 17.8. The fourth-order valence-electron chi connectivity index (χ4n) is 2.07. The molecule has 0 spiro atoms. The van der Waals surface area contributed by atoms with Crippen LogP contribution in [0.5, 0.6) is 5.75 Å². The van der Waals surface area contributed by atoms with E-state index in [0.29, 0.717) is 18.8 Å². The van der Waals surface area contributed by atoms with E-state index in [1.807, 2.05) is 20.8 Å². The fourth-order valence-corrected chi connectivity index (χ4v) is 2.07. The summed E-state index contributed by atoms with van der Waals surface area (Å²) in [6.07, 6.45) is -2.25. The van der Waals surface area contributed by atoms with Gasteiger partial charge in [0.2, 0.25) is 0 Å². The second-order valence-corrected chi connectivity index (χ2v) is 5.36. The van der Waals surface area contributed by atoms with E-state index in [1.165, 1.54) is 12.1 Å². The number of aromatic nitrogens is 1. The van der Waals surface area contributed by atoms with Gasteiger partial charge in [0.05, 0.1) is 0 Å². The fraction of sp³-hybridized carbons (Fsp3) is 0.667. The Morgan fingerprint density at radius 1 is 1.33 bits per heavy atom. The van der Waals surface area contributed by atoms with Crippen LogP contribution in [0, 0.1) is 5.92 Å². The van der Waals surface area contributed by atoms with E-state index in [9.17, 15) is 13.2 Å². The summed E-state index contributed by atoms with van der Waals surface area (Å²) < 4.78 is 44.3. The zero-order chi connectivity index (χ0) is 15.9. The molecule has 0 aliphatic heterocycles. The van der Waals surface area contributed by atoms with E-state index in [1.54, 1.807) is 0 Å². The molecule has 21 heavy (non-hydrogen) atoms. The highest BCUT2D eigenvalue weighted by Gasteiger charge is 2.36. The van der Waals surface area contributed by atoms with E-state index in [0.717, 1.165) is 19.3 Å². The molecule has 1 unspecified atom stereocenters. The third-order valence-electron chi connectivity index (χ3n) is 2.96. The van der Waals surface area contributed by atoms with Crippen molar-refractivity contribution in [3.8, 4) is 5.75 Å². The molecule has 3 nitrogen and oxygen atoms in total. The molecule has 0 aliphatic rings. The SMILES string of the molecule is CCNCCC(CC(C)C)Oc1cccnc1C(F)(F)F. The van der Waals surface area contributed by atoms with Gasteiger partial charge in [-0.3, -0.25) is 0 Å². The summed E-state index contributed by atoms with van der Waals surface area (Å²) >= 11 is 0. The standard InChI is InChI=1S/C15H23F3N2O/c1-4-19-9-7-12(10-11(2)3)21-13-6-5-8-20-14(13)15(16,17)18/h5-6,8,11-12,19H,4,7,9-10H2,1-3H3. The molecule has 0 amide bonds. The van der Waals surface area contributed by atoms with Gasteiger partial charge in [-0.1, -0.05) is 20.8 Å². The van der Waals surface area contributed by atoms with Gasteiger partial charge in [0, 0.05) is 6.20 Å². The highest BCUT2D eigenvalue weighted by molar-refractivity contribution is 5.29. The van der Waals surface area contributed by atoms with E-state index in [4.69, 9.17) is 4.74 Å². The molecular weight excluding hydrogens is 281 g/mol. The number of nitrogens with one attached hydrogen (secondary N) is 1. The molecular formula is C15H23F3N2O. The number of rotatable bonds is 8. The van der Waals surface area contributed by atoms with Gasteiger partial charge in [-0.15, -0.1) is 0 Å². The van der Waals surface area contributed by atoms with Gasteiger partial charge < -0.3 is 10.1 Å². The topological polar surface area (TPSA) is 34.1 Å². The van der Waals surface area contributed by atoms with Crippen molar-refractivity contribution in [2.75, 3.05) is 13.1 Å². The van der Waals surface area contributed by atoms with Crippen molar-refractivity contribution >= 4 is 0 Å². The molecule has 0 fully saturated rings. The lowest BCUT2D eigenvalue weighted by Crippen LogP contribution is -2.26. The smallest absolute Gasteiger partial charge is 0.437 e. The third kappa shape index (κ3) is 6.33. The van der Waals surface area contributed by atoms with Gasteiger partial charge in [0.15, 0.2) is 11.4 Å². The first-order chi connectivity index (χ1) is 9.84. The van der Waals surface area contributed by atoms with Crippen LogP contribution in [0.1, 0.15) is 39.3 Å². The lowest BCUT2D eigenvalue weighted by Gasteiger charge is -2.22. The van der Waals surface area contributed by atoms with Crippen molar-refractivity contribution in [2.45, 2.75) is 45.9 Å². The Morgan fingerprint density at radius 3 is 2.62 bits per heavy atom. The maximum Gasteiger partial charge on any atom is 0.437 e. The molecule has 6 heteroatoms. The predicted octanol–water partition coefficient (Wildman–Crippen LogP) is 3.89. The summed E-state index contributed by atoms with van der Waals surface area (Å²) in [6, 6.07) is 2.79. The van der Waals surface area contributed by atoms with E-state index in [2.05, 4.69) is 10.3 Å². The number of hydrogen-bond donors (Lipinski definition) is 1. The summed E-state index contributed by atoms with van der Waals surface area (Å²) in [6.45, 7) is 7.58. The summed E-state index contributed by atoms with van der Waals surface area (Å²) in [7, 11) is 0. The molecule has 0 saturated carbocycles. The molecule has 1 N–H and O–H groups in total. The molecule has 1 aromatic rings. The Labute approximate surface area is 123 Å². The van der Waals surface area contributed by atoms with E-state index >= 15 is 0 Å². The van der Waals surface area contributed by atoms with Crippen LogP contribution >= 0.6 is 0 Å². The number of alkyl halides is 3. The van der Waals surface area contributed by atoms with Crippen molar-refractivity contribution in [3.63, 3.8) is 0 Å². The monoisotopic (exact) mass is 304 g/mol. The van der Waals surface area contributed by atoms with Crippen molar-refractivity contribution in [3.05, 3.63) is 24.0 Å². The molecule has 1 rings (SSSR count). The zero-order valence-corrected chi connectivity index (χ0v) is 12.7. The first-order valence-corrected chi connectivity index (χ1v) is 7.24. The normalized spacial score (nSPS) is 13.5. The average molecular weight is 304 g/mol. The minimum absolute atomic E-state index is 0.188. The Kier molecular flexibility index (Phi) is 6.95. The summed E-state index contributed by atoms with van der Waals surface area (Å²) in [5, 5.41) is 3.16. The van der Waals surface area contributed by atoms with Gasteiger partial charge in [-0.2, -0.15) is 13.2 Å². The van der Waals surface area contributed by atoms with Gasteiger partial charge >= 0.3 is 6.18 Å². The van der Waals surface area contributed by atoms with Crippen LogP contribution in [0.4, 0.5) is 13.2 Å². The number of nitrogens with zero attached hydrogens (tertiary/aromatic N) is 1. The van der Waals surface area contributed by atoms with Crippen LogP contribution in [0.15, 0.2) is 18.3 Å². The lowest BCUT2D eigenvalue weighted by molar-refractivity contribution is -0.143. The van der Waals surface area contributed by atoms with Crippen LogP contribution in [0.25, 0.3) is 0 Å². The number of pyridine rings is 1. The van der Waals surface area contributed by atoms with Crippen molar-refractivity contribution in [2.24, 2.45) is 5.92 Å². The van der Waals surface area contributed by atoms with Gasteiger partial charge in [-0.05, 0) is 44.0 Å². The minimum atomic E-state index is -4.50. The van der Waals surface area contributed by atoms with Crippen molar-refractivity contribution < 1.29 is 17.9 Å².